The molecule has 0 heterocycles. The van der Waals surface area contributed by atoms with E-state index in [4.69, 9.17) is 21.1 Å². The summed E-state index contributed by atoms with van der Waals surface area (Å²) in [4.78, 5) is 24.2. The van der Waals surface area contributed by atoms with E-state index < -0.39 is 18.5 Å². The molecule has 0 bridgehead atoms. The molecule has 138 valence electrons. The van der Waals surface area contributed by atoms with Gasteiger partial charge in [-0.25, -0.2) is 4.79 Å². The maximum absolute atomic E-state index is 12.2. The molecule has 0 saturated heterocycles. The van der Waals surface area contributed by atoms with Crippen LogP contribution in [0.15, 0.2) is 54.6 Å². The second kappa shape index (κ2) is 7.97. The number of nitrogens with one attached hydrogen (secondary N) is 1. The molecule has 2 N–H and O–H groups in total. The molecule has 0 spiro atoms. The van der Waals surface area contributed by atoms with Gasteiger partial charge < -0.3 is 19.9 Å². The predicted molar refractivity (Wildman–Crippen MR) is 103 cm³/mol. The van der Waals surface area contributed by atoms with Crippen molar-refractivity contribution in [2.45, 2.75) is 0 Å². The zero-order chi connectivity index (χ0) is 19.4. The normalized spacial score (nSPS) is 10.4. The first-order valence-corrected chi connectivity index (χ1v) is 8.38. The van der Waals surface area contributed by atoms with Gasteiger partial charge in [0.05, 0.1) is 12.1 Å². The number of amides is 1. The van der Waals surface area contributed by atoms with E-state index in [9.17, 15) is 14.7 Å². The maximum Gasteiger partial charge on any atom is 0.342 e. The quantitative estimate of drug-likeness (QED) is 0.648. The number of aromatic hydroxyl groups is 1. The van der Waals surface area contributed by atoms with Crippen molar-refractivity contribution in [1.82, 2.24) is 0 Å². The molecule has 3 rings (SSSR count). The Labute approximate surface area is 160 Å². The first-order chi connectivity index (χ1) is 13.0. The second-order valence-electron chi connectivity index (χ2n) is 5.66. The number of esters is 1. The molecule has 0 aliphatic heterocycles. The number of phenolic OH excluding ortho intramolecular Hbond substituents is 1. The van der Waals surface area contributed by atoms with Crippen LogP contribution in [0.25, 0.3) is 10.8 Å². The Bertz CT molecular complexity index is 1020. The molecule has 0 atom stereocenters. The fourth-order valence-electron chi connectivity index (χ4n) is 2.57. The van der Waals surface area contributed by atoms with E-state index in [1.165, 1.54) is 19.2 Å². The van der Waals surface area contributed by atoms with Crippen LogP contribution in [0.1, 0.15) is 10.4 Å². The van der Waals surface area contributed by atoms with E-state index in [1.54, 1.807) is 30.3 Å². The number of ether oxygens (including phenoxy) is 2. The van der Waals surface area contributed by atoms with E-state index >= 15 is 0 Å². The van der Waals surface area contributed by atoms with Crippen LogP contribution in [-0.4, -0.2) is 30.7 Å². The van der Waals surface area contributed by atoms with Crippen LogP contribution in [-0.2, 0) is 9.53 Å². The van der Waals surface area contributed by atoms with Crippen LogP contribution >= 0.6 is 11.6 Å². The molecule has 0 saturated carbocycles. The highest BCUT2D eigenvalue weighted by Gasteiger charge is 2.16. The van der Waals surface area contributed by atoms with Gasteiger partial charge in [-0.3, -0.25) is 4.79 Å². The van der Waals surface area contributed by atoms with Gasteiger partial charge in [0.25, 0.3) is 5.91 Å². The second-order valence-corrected chi connectivity index (χ2v) is 6.06. The van der Waals surface area contributed by atoms with Gasteiger partial charge in [-0.05, 0) is 29.7 Å². The van der Waals surface area contributed by atoms with E-state index in [-0.39, 0.29) is 11.3 Å². The van der Waals surface area contributed by atoms with Gasteiger partial charge in [0, 0.05) is 11.1 Å². The number of rotatable bonds is 5. The summed E-state index contributed by atoms with van der Waals surface area (Å²) in [6.45, 7) is -0.505. The van der Waals surface area contributed by atoms with Gasteiger partial charge in [-0.1, -0.05) is 41.9 Å². The largest absolute Gasteiger partial charge is 0.506 e. The number of fused-ring (bicyclic) bond motifs is 1. The van der Waals surface area contributed by atoms with Crippen molar-refractivity contribution in [2.24, 2.45) is 0 Å². The molecule has 3 aromatic carbocycles. The Balaban J connectivity index is 1.64. The van der Waals surface area contributed by atoms with Crippen molar-refractivity contribution in [3.8, 4) is 11.5 Å². The highest BCUT2D eigenvalue weighted by Crippen LogP contribution is 2.29. The summed E-state index contributed by atoms with van der Waals surface area (Å²) < 4.78 is 10.0. The topological polar surface area (TPSA) is 84.9 Å². The van der Waals surface area contributed by atoms with Gasteiger partial charge >= 0.3 is 5.97 Å². The molecule has 0 radical (unpaired) electrons. The standard InChI is InChI=1S/C20H16ClNO5/c1-26-17-9-7-13(10-16(17)21)22-18(23)11-27-20(25)15-8-6-12-4-2-3-5-14(12)19(15)24/h2-10,24H,11H2,1H3,(H,22,23). The Hall–Kier alpha value is -3.25. The first-order valence-electron chi connectivity index (χ1n) is 8.01. The number of halogens is 1. The molecule has 7 heteroatoms. The van der Waals surface area contributed by atoms with E-state index in [1.807, 2.05) is 12.1 Å². The third-order valence-electron chi connectivity index (χ3n) is 3.89. The molecule has 6 nitrogen and oxygen atoms in total. The lowest BCUT2D eigenvalue weighted by Crippen LogP contribution is -2.21. The van der Waals surface area contributed by atoms with E-state index in [0.717, 1.165) is 5.39 Å². The minimum absolute atomic E-state index is 0.00556. The fraction of sp³-hybridized carbons (Fsp3) is 0.100. The van der Waals surface area contributed by atoms with Crippen molar-refractivity contribution < 1.29 is 24.2 Å². The van der Waals surface area contributed by atoms with Crippen LogP contribution in [0.3, 0.4) is 0 Å². The van der Waals surface area contributed by atoms with Crippen molar-refractivity contribution in [3.63, 3.8) is 0 Å². The van der Waals surface area contributed by atoms with Crippen LogP contribution in [0, 0.1) is 0 Å². The lowest BCUT2D eigenvalue weighted by atomic mass is 10.1. The van der Waals surface area contributed by atoms with Gasteiger partial charge in [-0.15, -0.1) is 0 Å². The van der Waals surface area contributed by atoms with Gasteiger partial charge in [-0.2, -0.15) is 0 Å². The fourth-order valence-corrected chi connectivity index (χ4v) is 2.83. The van der Waals surface area contributed by atoms with E-state index in [0.29, 0.717) is 21.8 Å². The first kappa shape index (κ1) is 18.5. The lowest BCUT2D eigenvalue weighted by molar-refractivity contribution is -0.119. The van der Waals surface area contributed by atoms with Crippen LogP contribution in [0.2, 0.25) is 5.02 Å². The molecular formula is C20H16ClNO5. The van der Waals surface area contributed by atoms with Gasteiger partial charge in [0.15, 0.2) is 6.61 Å². The number of carbonyl (C=O) groups excluding carboxylic acids is 2. The zero-order valence-electron chi connectivity index (χ0n) is 14.4. The number of benzene rings is 3. The summed E-state index contributed by atoms with van der Waals surface area (Å²) in [6.07, 6.45) is 0. The smallest absolute Gasteiger partial charge is 0.342 e. The van der Waals surface area contributed by atoms with Crippen molar-refractivity contribution >= 4 is 39.9 Å². The SMILES string of the molecule is COc1ccc(NC(=O)COC(=O)c2ccc3ccccc3c2O)cc1Cl. The number of hydrogen-bond acceptors (Lipinski definition) is 5. The minimum Gasteiger partial charge on any atom is -0.506 e. The molecule has 0 fully saturated rings. The molecule has 0 aliphatic rings. The average molecular weight is 386 g/mol. The number of methoxy groups -OCH3 is 1. The molecular weight excluding hydrogens is 370 g/mol. The summed E-state index contributed by atoms with van der Waals surface area (Å²) in [5, 5.41) is 14.5. The maximum atomic E-state index is 12.2. The Morgan fingerprint density at radius 3 is 2.63 bits per heavy atom. The zero-order valence-corrected chi connectivity index (χ0v) is 15.1. The molecule has 1 amide bonds. The Morgan fingerprint density at radius 2 is 1.89 bits per heavy atom. The van der Waals surface area contributed by atoms with Crippen molar-refractivity contribution in [1.29, 1.82) is 0 Å². The Morgan fingerprint density at radius 1 is 1.11 bits per heavy atom. The predicted octanol–water partition coefficient (Wildman–Crippen LogP) is 4.00. The molecule has 0 unspecified atom stereocenters. The Kier molecular flexibility index (Phi) is 5.47. The average Bonchev–Trinajstić information content (AvgIpc) is 2.67. The molecule has 0 aromatic heterocycles. The lowest BCUT2D eigenvalue weighted by Gasteiger charge is -2.10. The monoisotopic (exact) mass is 385 g/mol. The third kappa shape index (κ3) is 4.12. The number of anilines is 1. The van der Waals surface area contributed by atoms with Gasteiger partial charge in [0.1, 0.15) is 17.1 Å². The van der Waals surface area contributed by atoms with Crippen LogP contribution in [0.5, 0.6) is 11.5 Å². The minimum atomic E-state index is -0.791. The third-order valence-corrected chi connectivity index (χ3v) is 4.19. The van der Waals surface area contributed by atoms with Gasteiger partial charge in [0.2, 0.25) is 0 Å². The highest BCUT2D eigenvalue weighted by atomic mass is 35.5. The molecule has 27 heavy (non-hydrogen) atoms. The van der Waals surface area contributed by atoms with Crippen LogP contribution in [0.4, 0.5) is 5.69 Å². The number of carbonyl (C=O) groups is 2. The molecule has 0 aliphatic carbocycles. The van der Waals surface area contributed by atoms with Crippen molar-refractivity contribution in [3.05, 3.63) is 65.2 Å². The highest BCUT2D eigenvalue weighted by molar-refractivity contribution is 6.32. The number of phenols is 1. The summed E-state index contributed by atoms with van der Waals surface area (Å²) in [6, 6.07) is 15.0. The summed E-state index contributed by atoms with van der Waals surface area (Å²) in [5.74, 6) is -1.03. The van der Waals surface area contributed by atoms with Crippen molar-refractivity contribution in [2.75, 3.05) is 19.0 Å². The van der Waals surface area contributed by atoms with E-state index in [2.05, 4.69) is 5.32 Å². The molecule has 3 aromatic rings. The summed E-state index contributed by atoms with van der Waals surface area (Å²) >= 11 is 6.00. The number of hydrogen-bond donors (Lipinski definition) is 2. The summed E-state index contributed by atoms with van der Waals surface area (Å²) in [7, 11) is 1.49. The van der Waals surface area contributed by atoms with Crippen LogP contribution < -0.4 is 10.1 Å². The summed E-state index contributed by atoms with van der Waals surface area (Å²) in [5.41, 5.74) is 0.435.